The van der Waals surface area contributed by atoms with Crippen LogP contribution in [0.1, 0.15) is 19.3 Å². The van der Waals surface area contributed by atoms with Gasteiger partial charge in [0, 0.05) is 50.9 Å². The molecule has 0 aromatic heterocycles. The topological polar surface area (TPSA) is 53.1 Å². The van der Waals surface area contributed by atoms with Crippen molar-refractivity contribution < 1.29 is 14.3 Å². The van der Waals surface area contributed by atoms with E-state index in [9.17, 15) is 9.59 Å². The van der Waals surface area contributed by atoms with Gasteiger partial charge in [0.15, 0.2) is 0 Å². The van der Waals surface area contributed by atoms with E-state index in [2.05, 4.69) is 4.90 Å². The van der Waals surface area contributed by atoms with Gasteiger partial charge in [-0.25, -0.2) is 0 Å². The summed E-state index contributed by atoms with van der Waals surface area (Å²) in [6.45, 7) is 4.01. The maximum absolute atomic E-state index is 12.8. The lowest BCUT2D eigenvalue weighted by Gasteiger charge is -2.36. The summed E-state index contributed by atoms with van der Waals surface area (Å²) in [5.74, 6) is 0.707. The first-order valence-corrected chi connectivity index (χ1v) is 9.13. The van der Waals surface area contributed by atoms with Crippen molar-refractivity contribution in [1.82, 2.24) is 9.80 Å². The van der Waals surface area contributed by atoms with E-state index in [1.807, 2.05) is 29.2 Å². The number of hydrogen-bond donors (Lipinski definition) is 0. The molecule has 2 aliphatic heterocycles. The quantitative estimate of drug-likeness (QED) is 0.828. The molecular weight excluding hydrogens is 318 g/mol. The zero-order chi connectivity index (χ0) is 17.4. The summed E-state index contributed by atoms with van der Waals surface area (Å²) >= 11 is 0. The van der Waals surface area contributed by atoms with Gasteiger partial charge in [0.25, 0.3) is 0 Å². The second kappa shape index (κ2) is 6.67. The molecular formula is C19H25N3O3. The van der Waals surface area contributed by atoms with Gasteiger partial charge in [0.05, 0.1) is 13.0 Å². The van der Waals surface area contributed by atoms with Crippen molar-refractivity contribution in [3.63, 3.8) is 0 Å². The third kappa shape index (κ3) is 3.35. The lowest BCUT2D eigenvalue weighted by atomic mass is 10.1. The molecule has 1 atom stereocenters. The molecule has 2 heterocycles. The van der Waals surface area contributed by atoms with E-state index in [1.165, 1.54) is 12.8 Å². The molecule has 3 fully saturated rings. The lowest BCUT2D eigenvalue weighted by Crippen LogP contribution is -2.51. The molecule has 25 heavy (non-hydrogen) atoms. The standard InChI is InChI=1S/C19H25N3O3/c1-25-17-6-4-16(5-7-17)22-13-14(12-18(22)23)19(24)21-10-8-20(9-11-21)15-2-3-15/h4-7,14-15H,2-3,8-13H2,1H3. The molecule has 0 N–H and O–H groups in total. The number of nitrogens with zero attached hydrogens (tertiary/aromatic N) is 3. The Balaban J connectivity index is 1.36. The van der Waals surface area contributed by atoms with Gasteiger partial charge in [-0.1, -0.05) is 0 Å². The summed E-state index contributed by atoms with van der Waals surface area (Å²) in [6, 6.07) is 8.19. The van der Waals surface area contributed by atoms with Crippen LogP contribution < -0.4 is 9.64 Å². The molecule has 6 nitrogen and oxygen atoms in total. The Morgan fingerprint density at radius 2 is 1.76 bits per heavy atom. The summed E-state index contributed by atoms with van der Waals surface area (Å²) in [7, 11) is 1.62. The van der Waals surface area contributed by atoms with Crippen molar-refractivity contribution in [3.8, 4) is 5.75 Å². The van der Waals surface area contributed by atoms with Crippen molar-refractivity contribution in [2.75, 3.05) is 44.7 Å². The van der Waals surface area contributed by atoms with Crippen LogP contribution in [0.4, 0.5) is 5.69 Å². The number of carbonyl (C=O) groups excluding carboxylic acids is 2. The van der Waals surface area contributed by atoms with Gasteiger partial charge in [-0.15, -0.1) is 0 Å². The third-order valence-electron chi connectivity index (χ3n) is 5.55. The summed E-state index contributed by atoms with van der Waals surface area (Å²) < 4.78 is 5.16. The van der Waals surface area contributed by atoms with Gasteiger partial charge in [-0.2, -0.15) is 0 Å². The second-order valence-electron chi connectivity index (χ2n) is 7.20. The molecule has 2 saturated heterocycles. The average molecular weight is 343 g/mol. The molecule has 2 amide bonds. The summed E-state index contributed by atoms with van der Waals surface area (Å²) in [4.78, 5) is 31.4. The van der Waals surface area contributed by atoms with E-state index >= 15 is 0 Å². The molecule has 0 spiro atoms. The van der Waals surface area contributed by atoms with Crippen molar-refractivity contribution in [2.45, 2.75) is 25.3 Å². The summed E-state index contributed by atoms with van der Waals surface area (Å²) in [5, 5.41) is 0. The van der Waals surface area contributed by atoms with E-state index in [4.69, 9.17) is 4.74 Å². The predicted molar refractivity (Wildman–Crippen MR) is 94.6 cm³/mol. The van der Waals surface area contributed by atoms with Gasteiger partial charge < -0.3 is 14.5 Å². The van der Waals surface area contributed by atoms with Crippen LogP contribution in [0.2, 0.25) is 0 Å². The number of amides is 2. The predicted octanol–water partition coefficient (Wildman–Crippen LogP) is 1.35. The van der Waals surface area contributed by atoms with E-state index in [1.54, 1.807) is 12.0 Å². The molecule has 1 aromatic rings. The monoisotopic (exact) mass is 343 g/mol. The first-order valence-electron chi connectivity index (χ1n) is 9.13. The minimum atomic E-state index is -0.220. The highest BCUT2D eigenvalue weighted by atomic mass is 16.5. The second-order valence-corrected chi connectivity index (χ2v) is 7.20. The number of carbonyl (C=O) groups is 2. The molecule has 6 heteroatoms. The molecule has 3 aliphatic rings. The van der Waals surface area contributed by atoms with Crippen molar-refractivity contribution in [1.29, 1.82) is 0 Å². The minimum absolute atomic E-state index is 0.0279. The number of methoxy groups -OCH3 is 1. The minimum Gasteiger partial charge on any atom is -0.497 e. The number of piperazine rings is 1. The fourth-order valence-electron chi connectivity index (χ4n) is 3.89. The first-order chi connectivity index (χ1) is 12.2. The average Bonchev–Trinajstić information content (AvgIpc) is 3.43. The van der Waals surface area contributed by atoms with Crippen LogP contribution in [-0.2, 0) is 9.59 Å². The zero-order valence-corrected chi connectivity index (χ0v) is 14.7. The molecule has 1 aliphatic carbocycles. The zero-order valence-electron chi connectivity index (χ0n) is 14.7. The Bertz CT molecular complexity index is 648. The maximum atomic E-state index is 12.8. The highest BCUT2D eigenvalue weighted by molar-refractivity contribution is 6.00. The fourth-order valence-corrected chi connectivity index (χ4v) is 3.89. The van der Waals surface area contributed by atoms with Crippen molar-refractivity contribution in [3.05, 3.63) is 24.3 Å². The van der Waals surface area contributed by atoms with E-state index in [0.717, 1.165) is 43.7 Å². The van der Waals surface area contributed by atoms with Crippen LogP contribution in [0.25, 0.3) is 0 Å². The molecule has 1 unspecified atom stereocenters. The Morgan fingerprint density at radius 3 is 2.36 bits per heavy atom. The number of anilines is 1. The molecule has 4 rings (SSSR count). The largest absolute Gasteiger partial charge is 0.497 e. The Hall–Kier alpha value is -2.08. The maximum Gasteiger partial charge on any atom is 0.228 e. The van der Waals surface area contributed by atoms with Gasteiger partial charge in [0.2, 0.25) is 11.8 Å². The SMILES string of the molecule is COc1ccc(N2CC(C(=O)N3CCN(C4CC4)CC3)CC2=O)cc1. The fraction of sp³-hybridized carbons (Fsp3) is 0.579. The summed E-state index contributed by atoms with van der Waals surface area (Å²) in [5.41, 5.74) is 0.833. The number of hydrogen-bond acceptors (Lipinski definition) is 4. The summed E-state index contributed by atoms with van der Waals surface area (Å²) in [6.07, 6.45) is 2.93. The molecule has 1 saturated carbocycles. The molecule has 0 radical (unpaired) electrons. The van der Waals surface area contributed by atoms with Gasteiger partial charge in [-0.3, -0.25) is 14.5 Å². The highest BCUT2D eigenvalue weighted by Crippen LogP contribution is 2.30. The number of rotatable bonds is 4. The van der Waals surface area contributed by atoms with Crippen LogP contribution in [0.15, 0.2) is 24.3 Å². The number of benzene rings is 1. The van der Waals surface area contributed by atoms with Crippen LogP contribution in [0, 0.1) is 5.92 Å². The van der Waals surface area contributed by atoms with E-state index in [-0.39, 0.29) is 17.7 Å². The number of ether oxygens (including phenoxy) is 1. The van der Waals surface area contributed by atoms with Crippen LogP contribution in [-0.4, -0.2) is 67.5 Å². The van der Waals surface area contributed by atoms with E-state index in [0.29, 0.717) is 13.0 Å². The third-order valence-corrected chi connectivity index (χ3v) is 5.55. The Labute approximate surface area is 148 Å². The normalized spacial score (nSPS) is 24.7. The molecule has 134 valence electrons. The van der Waals surface area contributed by atoms with Crippen LogP contribution >= 0.6 is 0 Å². The van der Waals surface area contributed by atoms with Crippen LogP contribution in [0.5, 0.6) is 5.75 Å². The van der Waals surface area contributed by atoms with Gasteiger partial charge in [0.1, 0.15) is 5.75 Å². The highest BCUT2D eigenvalue weighted by Gasteiger charge is 2.39. The Kier molecular flexibility index (Phi) is 4.37. The smallest absolute Gasteiger partial charge is 0.228 e. The molecule has 1 aromatic carbocycles. The van der Waals surface area contributed by atoms with Crippen molar-refractivity contribution >= 4 is 17.5 Å². The first kappa shape index (κ1) is 16.4. The van der Waals surface area contributed by atoms with E-state index < -0.39 is 0 Å². The van der Waals surface area contributed by atoms with Gasteiger partial charge in [-0.05, 0) is 37.1 Å². The van der Waals surface area contributed by atoms with Crippen LogP contribution in [0.3, 0.4) is 0 Å². The molecule has 0 bridgehead atoms. The Morgan fingerprint density at radius 1 is 1.08 bits per heavy atom. The lowest BCUT2D eigenvalue weighted by molar-refractivity contribution is -0.137. The van der Waals surface area contributed by atoms with Gasteiger partial charge >= 0.3 is 0 Å². The van der Waals surface area contributed by atoms with Crippen molar-refractivity contribution in [2.24, 2.45) is 5.92 Å².